The maximum Gasteiger partial charge on any atom is 0.109 e. The molecule has 2 rings (SSSR count). The molecule has 0 saturated heterocycles. The number of H-pyrrole nitrogens is 2. The van der Waals surface area contributed by atoms with Crippen molar-refractivity contribution in [1.82, 2.24) is 19.9 Å². The first-order valence-corrected chi connectivity index (χ1v) is 3.44. The molecule has 4 heteroatoms. The van der Waals surface area contributed by atoms with Gasteiger partial charge in [0, 0.05) is 0 Å². The summed E-state index contributed by atoms with van der Waals surface area (Å²) in [6.07, 6.45) is 6.53. The Morgan fingerprint density at radius 3 is 1.75 bits per heavy atom. The van der Waals surface area contributed by atoms with Crippen molar-refractivity contribution in [3.63, 3.8) is 0 Å². The molecule has 2 aromatic heterocycles. The Hall–Kier alpha value is -2.02. The van der Waals surface area contributed by atoms with E-state index < -0.39 is 0 Å². The molecule has 2 heterocycles. The van der Waals surface area contributed by atoms with Crippen LogP contribution < -0.4 is 0 Å². The Balaban J connectivity index is 2.22. The van der Waals surface area contributed by atoms with Crippen molar-refractivity contribution in [2.24, 2.45) is 0 Å². The zero-order chi connectivity index (χ0) is 8.23. The van der Waals surface area contributed by atoms with Gasteiger partial charge in [0.1, 0.15) is 11.4 Å². The molecule has 0 aliphatic rings. The zero-order valence-corrected chi connectivity index (χ0v) is 6.20. The smallest absolute Gasteiger partial charge is 0.109 e. The molecule has 2 N–H and O–H groups in total. The van der Waals surface area contributed by atoms with E-state index in [2.05, 4.69) is 31.8 Å². The summed E-state index contributed by atoms with van der Waals surface area (Å²) in [4.78, 5) is 13.4. The van der Waals surface area contributed by atoms with Crippen LogP contribution in [-0.2, 0) is 0 Å². The molecule has 0 radical (unpaired) electrons. The molecule has 2 aromatic rings. The highest BCUT2D eigenvalue weighted by Gasteiger charge is 1.86. The molecule has 0 saturated carbocycles. The van der Waals surface area contributed by atoms with E-state index in [4.69, 9.17) is 0 Å². The van der Waals surface area contributed by atoms with Crippen LogP contribution in [0.4, 0.5) is 0 Å². The van der Waals surface area contributed by atoms with E-state index in [0.29, 0.717) is 0 Å². The Morgan fingerprint density at radius 1 is 0.917 bits per heavy atom. The van der Waals surface area contributed by atoms with Crippen LogP contribution in [0.1, 0.15) is 11.4 Å². The number of nitrogens with zero attached hydrogens (tertiary/aromatic N) is 2. The molecular weight excluding hydrogens is 152 g/mol. The van der Waals surface area contributed by atoms with Gasteiger partial charge < -0.3 is 9.97 Å². The van der Waals surface area contributed by atoms with E-state index in [1.54, 1.807) is 25.0 Å². The fourth-order valence-corrected chi connectivity index (χ4v) is 0.783. The number of aromatic amines is 2. The molecule has 0 aliphatic carbocycles. The molecular formula is C8H6N4. The van der Waals surface area contributed by atoms with Crippen molar-refractivity contribution in [1.29, 1.82) is 0 Å². The third kappa shape index (κ3) is 1.35. The minimum Gasteiger partial charge on any atom is -0.338 e. The van der Waals surface area contributed by atoms with Gasteiger partial charge in [-0.2, -0.15) is 0 Å². The van der Waals surface area contributed by atoms with Gasteiger partial charge >= 0.3 is 0 Å². The van der Waals surface area contributed by atoms with Crippen molar-refractivity contribution in [3.05, 3.63) is 36.4 Å². The summed E-state index contributed by atoms with van der Waals surface area (Å²) < 4.78 is 0. The van der Waals surface area contributed by atoms with E-state index in [9.17, 15) is 0 Å². The van der Waals surface area contributed by atoms with Gasteiger partial charge in [-0.3, -0.25) is 0 Å². The number of rotatable bonds is 0. The summed E-state index contributed by atoms with van der Waals surface area (Å²) in [5, 5.41) is 0. The summed E-state index contributed by atoms with van der Waals surface area (Å²) >= 11 is 0. The van der Waals surface area contributed by atoms with E-state index in [1.807, 2.05) is 0 Å². The second kappa shape index (κ2) is 2.93. The molecule has 12 heavy (non-hydrogen) atoms. The third-order valence-corrected chi connectivity index (χ3v) is 1.33. The third-order valence-electron chi connectivity index (χ3n) is 1.33. The Morgan fingerprint density at radius 2 is 1.42 bits per heavy atom. The zero-order valence-electron chi connectivity index (χ0n) is 6.20. The fourth-order valence-electron chi connectivity index (χ4n) is 0.783. The number of nitrogens with one attached hydrogen (secondary N) is 2. The van der Waals surface area contributed by atoms with E-state index >= 15 is 0 Å². The molecule has 0 unspecified atom stereocenters. The van der Waals surface area contributed by atoms with Crippen molar-refractivity contribution >= 4 is 0 Å². The van der Waals surface area contributed by atoms with Gasteiger partial charge in [0.2, 0.25) is 0 Å². The fraction of sp³-hybridized carbons (Fsp3) is 0. The first kappa shape index (κ1) is 6.68. The average molecular weight is 158 g/mol. The van der Waals surface area contributed by atoms with E-state index in [-0.39, 0.29) is 0 Å². The highest BCUT2D eigenvalue weighted by molar-refractivity contribution is 5.33. The van der Waals surface area contributed by atoms with Crippen molar-refractivity contribution in [2.75, 3.05) is 0 Å². The summed E-state index contributed by atoms with van der Waals surface area (Å²) in [6.45, 7) is 0. The van der Waals surface area contributed by atoms with E-state index in [1.165, 1.54) is 0 Å². The second-order valence-corrected chi connectivity index (χ2v) is 2.18. The van der Waals surface area contributed by atoms with Crippen LogP contribution in [0.25, 0.3) is 0 Å². The second-order valence-electron chi connectivity index (χ2n) is 2.18. The first-order chi connectivity index (χ1) is 5.95. The molecule has 0 bridgehead atoms. The van der Waals surface area contributed by atoms with Gasteiger partial charge in [-0.15, -0.1) is 0 Å². The maximum atomic E-state index is 3.84. The normalized spacial score (nSPS) is 9.00. The highest BCUT2D eigenvalue weighted by Crippen LogP contribution is 1.89. The van der Waals surface area contributed by atoms with Crippen LogP contribution in [0.2, 0.25) is 0 Å². The van der Waals surface area contributed by atoms with Gasteiger partial charge in [-0.1, -0.05) is 0 Å². The first-order valence-electron chi connectivity index (χ1n) is 3.44. The lowest BCUT2D eigenvalue weighted by atomic mass is 10.4. The molecule has 0 fully saturated rings. The van der Waals surface area contributed by atoms with Crippen LogP contribution in [0.3, 0.4) is 0 Å². The topological polar surface area (TPSA) is 57.4 Å². The molecule has 0 aliphatic heterocycles. The Labute approximate surface area is 69.1 Å². The van der Waals surface area contributed by atoms with Crippen LogP contribution in [-0.4, -0.2) is 19.9 Å². The standard InChI is InChI=1S/C8H6N4/c1(7-3-9-5-11-7)2-8-4-10-6-12-8/h3-6H,(H,9,11)(H,10,12). The number of imidazole rings is 2. The highest BCUT2D eigenvalue weighted by atomic mass is 14.9. The van der Waals surface area contributed by atoms with Crippen LogP contribution >= 0.6 is 0 Å². The van der Waals surface area contributed by atoms with Crippen LogP contribution in [0, 0.1) is 11.8 Å². The quantitative estimate of drug-likeness (QED) is 0.549. The molecule has 58 valence electrons. The van der Waals surface area contributed by atoms with Gasteiger partial charge in [0.15, 0.2) is 0 Å². The predicted molar refractivity (Wildman–Crippen MR) is 43.2 cm³/mol. The lowest BCUT2D eigenvalue weighted by molar-refractivity contribution is 1.30. The van der Waals surface area contributed by atoms with Crippen LogP contribution in [0.5, 0.6) is 0 Å². The number of aromatic nitrogens is 4. The predicted octanol–water partition coefficient (Wildman–Crippen LogP) is 0.533. The largest absolute Gasteiger partial charge is 0.338 e. The maximum absolute atomic E-state index is 3.84. The van der Waals surface area contributed by atoms with Crippen molar-refractivity contribution in [2.45, 2.75) is 0 Å². The SMILES string of the molecule is C(#Cc1cnc[nH]1)c1cnc[nH]1. The summed E-state index contributed by atoms with van der Waals surface area (Å²) in [5.74, 6) is 5.78. The van der Waals surface area contributed by atoms with Gasteiger partial charge in [-0.05, 0) is 11.8 Å². The molecule has 0 atom stereocenters. The summed E-state index contributed by atoms with van der Waals surface area (Å²) in [5.41, 5.74) is 1.59. The molecule has 0 aromatic carbocycles. The van der Waals surface area contributed by atoms with Gasteiger partial charge in [0.25, 0.3) is 0 Å². The minimum atomic E-state index is 0.796. The Bertz CT molecular complexity index is 350. The minimum absolute atomic E-state index is 0.796. The van der Waals surface area contributed by atoms with Crippen molar-refractivity contribution in [3.8, 4) is 11.8 Å². The van der Waals surface area contributed by atoms with Crippen molar-refractivity contribution < 1.29 is 0 Å². The number of hydrogen-bond acceptors (Lipinski definition) is 2. The lowest BCUT2D eigenvalue weighted by Crippen LogP contribution is -1.73. The molecule has 0 spiro atoms. The number of hydrogen-bond donors (Lipinski definition) is 2. The van der Waals surface area contributed by atoms with E-state index in [0.717, 1.165) is 11.4 Å². The molecule has 4 nitrogen and oxygen atoms in total. The summed E-state index contributed by atoms with van der Waals surface area (Å²) in [7, 11) is 0. The Kier molecular flexibility index (Phi) is 1.63. The average Bonchev–Trinajstić information content (AvgIpc) is 2.74. The lowest BCUT2D eigenvalue weighted by Gasteiger charge is -1.76. The summed E-state index contributed by atoms with van der Waals surface area (Å²) in [6, 6.07) is 0. The molecule has 0 amide bonds. The monoisotopic (exact) mass is 158 g/mol. The van der Waals surface area contributed by atoms with Gasteiger partial charge in [-0.25, -0.2) is 9.97 Å². The van der Waals surface area contributed by atoms with Crippen LogP contribution in [0.15, 0.2) is 25.0 Å². The van der Waals surface area contributed by atoms with Gasteiger partial charge in [0.05, 0.1) is 25.0 Å².